The largest absolute Gasteiger partial charge is 0.318 e. The first-order valence-electron chi connectivity index (χ1n) is 8.36. The average molecular weight is 423 g/mol. The molecule has 0 unspecified atom stereocenters. The van der Waals surface area contributed by atoms with E-state index >= 15 is 0 Å². The molecule has 1 aliphatic heterocycles. The zero-order chi connectivity index (χ0) is 18.8. The third-order valence-corrected chi connectivity index (χ3v) is 4.81. The molecule has 2 aromatic carbocycles. The summed E-state index contributed by atoms with van der Waals surface area (Å²) < 4.78 is 0.574. The minimum absolute atomic E-state index is 0.156. The molecule has 0 saturated heterocycles. The van der Waals surface area contributed by atoms with Crippen molar-refractivity contribution in [2.45, 2.75) is 12.6 Å². The van der Waals surface area contributed by atoms with Gasteiger partial charge in [0.15, 0.2) is 5.82 Å². The van der Waals surface area contributed by atoms with Gasteiger partial charge in [-0.2, -0.15) is 0 Å². The Bertz CT molecular complexity index is 992. The minimum atomic E-state index is -0.767. The first-order valence-corrected chi connectivity index (χ1v) is 9.15. The summed E-state index contributed by atoms with van der Waals surface area (Å²) in [6, 6.07) is 15.9. The van der Waals surface area contributed by atoms with Gasteiger partial charge in [-0.25, -0.2) is 9.97 Å². The van der Waals surface area contributed by atoms with E-state index in [1.54, 1.807) is 11.0 Å². The van der Waals surface area contributed by atoms with Gasteiger partial charge in [-0.05, 0) is 33.1 Å². The predicted octanol–water partition coefficient (Wildman–Crippen LogP) is 3.57. The van der Waals surface area contributed by atoms with E-state index in [2.05, 4.69) is 31.2 Å². The number of aromatic nitrogens is 2. The monoisotopic (exact) mass is 422 g/mol. The van der Waals surface area contributed by atoms with E-state index < -0.39 is 6.04 Å². The second-order valence-corrected chi connectivity index (χ2v) is 6.93. The van der Waals surface area contributed by atoms with Gasteiger partial charge in [0.25, 0.3) is 11.8 Å². The van der Waals surface area contributed by atoms with Gasteiger partial charge in [-0.3, -0.25) is 9.59 Å². The quantitative estimate of drug-likeness (QED) is 0.696. The fourth-order valence-electron chi connectivity index (χ4n) is 3.17. The molecule has 1 N–H and O–H groups in total. The van der Waals surface area contributed by atoms with Crippen molar-refractivity contribution in [2.24, 2.45) is 0 Å². The number of nitrogens with one attached hydrogen (secondary N) is 1. The molecule has 2 heterocycles. The Kier molecular flexibility index (Phi) is 4.68. The molecule has 0 radical (unpaired) electrons. The Hall–Kier alpha value is -3.06. The van der Waals surface area contributed by atoms with Crippen molar-refractivity contribution in [1.82, 2.24) is 14.9 Å². The lowest BCUT2D eigenvalue weighted by Crippen LogP contribution is -2.37. The van der Waals surface area contributed by atoms with Crippen molar-refractivity contribution in [3.63, 3.8) is 0 Å². The number of nitrogens with zero attached hydrogens (tertiary/aromatic N) is 3. The second-order valence-electron chi connectivity index (χ2n) is 6.12. The second kappa shape index (κ2) is 7.28. The molecule has 27 heavy (non-hydrogen) atoms. The Labute approximate surface area is 164 Å². The van der Waals surface area contributed by atoms with Gasteiger partial charge < -0.3 is 10.2 Å². The lowest BCUT2D eigenvalue weighted by molar-refractivity contribution is -0.120. The summed E-state index contributed by atoms with van der Waals surface area (Å²) >= 11 is 3.22. The Balaban J connectivity index is 1.67. The molecule has 1 aliphatic rings. The third-order valence-electron chi connectivity index (χ3n) is 4.40. The van der Waals surface area contributed by atoms with E-state index in [1.807, 2.05) is 48.5 Å². The van der Waals surface area contributed by atoms with Crippen LogP contribution in [0, 0.1) is 0 Å². The van der Waals surface area contributed by atoms with E-state index in [4.69, 9.17) is 0 Å². The van der Waals surface area contributed by atoms with Crippen LogP contribution < -0.4 is 5.32 Å². The fourth-order valence-corrected chi connectivity index (χ4v) is 3.37. The molecule has 3 aromatic rings. The van der Waals surface area contributed by atoms with Gasteiger partial charge in [-0.15, -0.1) is 0 Å². The van der Waals surface area contributed by atoms with Gasteiger partial charge in [0.2, 0.25) is 0 Å². The van der Waals surface area contributed by atoms with E-state index in [1.165, 1.54) is 12.4 Å². The number of hydrogen-bond donors (Lipinski definition) is 1. The molecule has 0 fully saturated rings. The summed E-state index contributed by atoms with van der Waals surface area (Å²) in [5.74, 6) is -0.163. The third kappa shape index (κ3) is 3.46. The average Bonchev–Trinajstić information content (AvgIpc) is 3.01. The summed E-state index contributed by atoms with van der Waals surface area (Å²) in [4.78, 5) is 35.8. The van der Waals surface area contributed by atoms with Crippen LogP contribution in [0.1, 0.15) is 27.5 Å². The highest BCUT2D eigenvalue weighted by atomic mass is 79.9. The molecule has 2 amide bonds. The minimum Gasteiger partial charge on any atom is -0.318 e. The van der Waals surface area contributed by atoms with Gasteiger partial charge in [-0.1, -0.05) is 48.5 Å². The van der Waals surface area contributed by atoms with Crippen LogP contribution in [0.3, 0.4) is 0 Å². The van der Waals surface area contributed by atoms with Crippen LogP contribution in [-0.2, 0) is 11.3 Å². The zero-order valence-corrected chi connectivity index (χ0v) is 15.8. The van der Waals surface area contributed by atoms with E-state index in [9.17, 15) is 9.59 Å². The summed E-state index contributed by atoms with van der Waals surface area (Å²) in [6.45, 7) is 0.383. The van der Waals surface area contributed by atoms with Crippen LogP contribution in [0.2, 0.25) is 0 Å². The zero-order valence-electron chi connectivity index (χ0n) is 14.2. The highest BCUT2D eigenvalue weighted by Gasteiger charge is 2.37. The summed E-state index contributed by atoms with van der Waals surface area (Å²) in [5.41, 5.74) is 2.29. The molecule has 0 saturated carbocycles. The number of amides is 2. The number of fused-ring (bicyclic) bond motifs is 1. The molecule has 4 rings (SSSR count). The number of carbonyl (C=O) groups excluding carboxylic acids is 2. The normalized spacial score (nSPS) is 14.0. The maximum absolute atomic E-state index is 13.1. The number of benzene rings is 2. The van der Waals surface area contributed by atoms with Crippen LogP contribution >= 0.6 is 15.9 Å². The molecule has 0 aliphatic carbocycles. The lowest BCUT2D eigenvalue weighted by Gasteiger charge is -2.27. The van der Waals surface area contributed by atoms with Crippen LogP contribution in [0.4, 0.5) is 5.82 Å². The van der Waals surface area contributed by atoms with Crippen molar-refractivity contribution in [3.05, 3.63) is 88.3 Å². The summed E-state index contributed by atoms with van der Waals surface area (Å²) in [7, 11) is 0. The van der Waals surface area contributed by atoms with Crippen molar-refractivity contribution < 1.29 is 9.59 Å². The standard InChI is InChI=1S/C20H15BrN4O2/c21-16-10-23-17(11-22-16)24-19(26)18(13-6-2-1-3-7-13)25-12-14-8-4-5-9-15(14)20(25)27/h1-11,18H,12H2,(H,23,24,26)/t18-/m1/s1. The number of carbonyl (C=O) groups is 2. The molecule has 1 atom stereocenters. The van der Waals surface area contributed by atoms with Gasteiger partial charge in [0, 0.05) is 12.1 Å². The Morgan fingerprint density at radius 1 is 1.04 bits per heavy atom. The maximum atomic E-state index is 13.1. The van der Waals surface area contributed by atoms with Gasteiger partial charge >= 0.3 is 0 Å². The van der Waals surface area contributed by atoms with Crippen LogP contribution in [0.25, 0.3) is 0 Å². The number of hydrogen-bond acceptors (Lipinski definition) is 4. The highest BCUT2D eigenvalue weighted by molar-refractivity contribution is 9.10. The summed E-state index contributed by atoms with van der Waals surface area (Å²) in [6.07, 6.45) is 2.97. The number of anilines is 1. The number of rotatable bonds is 4. The molecular weight excluding hydrogens is 408 g/mol. The highest BCUT2D eigenvalue weighted by Crippen LogP contribution is 2.32. The van der Waals surface area contributed by atoms with Gasteiger partial charge in [0.05, 0.1) is 12.4 Å². The Morgan fingerprint density at radius 3 is 2.48 bits per heavy atom. The molecule has 0 spiro atoms. The first-order chi connectivity index (χ1) is 13.1. The maximum Gasteiger partial charge on any atom is 0.255 e. The predicted molar refractivity (Wildman–Crippen MR) is 104 cm³/mol. The van der Waals surface area contributed by atoms with E-state index in [0.717, 1.165) is 11.1 Å². The van der Waals surface area contributed by atoms with Gasteiger partial charge in [0.1, 0.15) is 10.6 Å². The lowest BCUT2D eigenvalue weighted by atomic mass is 10.0. The molecular formula is C20H15BrN4O2. The van der Waals surface area contributed by atoms with Crippen molar-refractivity contribution in [1.29, 1.82) is 0 Å². The molecule has 0 bridgehead atoms. The van der Waals surface area contributed by atoms with Crippen LogP contribution in [-0.4, -0.2) is 26.7 Å². The molecule has 1 aromatic heterocycles. The summed E-state index contributed by atoms with van der Waals surface area (Å²) in [5, 5.41) is 2.76. The van der Waals surface area contributed by atoms with Crippen molar-refractivity contribution in [3.8, 4) is 0 Å². The number of halogens is 1. The van der Waals surface area contributed by atoms with E-state index in [0.29, 0.717) is 22.5 Å². The molecule has 6 nitrogen and oxygen atoms in total. The SMILES string of the molecule is O=C(Nc1cnc(Br)cn1)[C@@H](c1ccccc1)N1Cc2ccccc2C1=O. The van der Waals surface area contributed by atoms with Crippen molar-refractivity contribution in [2.75, 3.05) is 5.32 Å². The van der Waals surface area contributed by atoms with Crippen molar-refractivity contribution >= 4 is 33.6 Å². The Morgan fingerprint density at radius 2 is 1.78 bits per heavy atom. The molecule has 134 valence electrons. The smallest absolute Gasteiger partial charge is 0.255 e. The van der Waals surface area contributed by atoms with Crippen LogP contribution in [0.5, 0.6) is 0 Å². The van der Waals surface area contributed by atoms with Crippen LogP contribution in [0.15, 0.2) is 71.6 Å². The first kappa shape index (κ1) is 17.4. The van der Waals surface area contributed by atoms with E-state index in [-0.39, 0.29) is 11.8 Å². The molecule has 7 heteroatoms. The topological polar surface area (TPSA) is 75.2 Å². The fraction of sp³-hybridized carbons (Fsp3) is 0.100.